The van der Waals surface area contributed by atoms with Crippen molar-refractivity contribution in [1.29, 1.82) is 0 Å². The second kappa shape index (κ2) is 5.59. The van der Waals surface area contributed by atoms with Gasteiger partial charge in [0.15, 0.2) is 0 Å². The number of para-hydroxylation sites is 1. The number of carbonyl (C=O) groups excluding carboxylic acids is 1. The van der Waals surface area contributed by atoms with Crippen LogP contribution in [0.25, 0.3) is 0 Å². The van der Waals surface area contributed by atoms with Gasteiger partial charge in [0.25, 0.3) is 5.69 Å². The van der Waals surface area contributed by atoms with E-state index in [0.29, 0.717) is 0 Å². The molecule has 0 atom stereocenters. The lowest BCUT2D eigenvalue weighted by Crippen LogP contribution is -2.20. The van der Waals surface area contributed by atoms with Gasteiger partial charge in [0, 0.05) is 6.07 Å². The van der Waals surface area contributed by atoms with Gasteiger partial charge in [0.2, 0.25) is 5.71 Å². The first-order valence-electron chi connectivity index (χ1n) is 4.74. The predicted molar refractivity (Wildman–Crippen MR) is 58.1 cm³/mol. The fraction of sp³-hybridized carbons (Fsp3) is 0.200. The Morgan fingerprint density at radius 2 is 2.18 bits per heavy atom. The van der Waals surface area contributed by atoms with Crippen molar-refractivity contribution in [3.63, 3.8) is 0 Å². The number of benzene rings is 1. The zero-order valence-corrected chi connectivity index (χ0v) is 8.99. The highest BCUT2D eigenvalue weighted by molar-refractivity contribution is 6.44. The van der Waals surface area contributed by atoms with Crippen LogP contribution in [0.5, 0.6) is 0 Å². The quantitative estimate of drug-likeness (QED) is 0.280. The number of nitro benzene ring substituents is 1. The van der Waals surface area contributed by atoms with E-state index in [0.717, 1.165) is 0 Å². The molecule has 0 aliphatic heterocycles. The molecule has 0 aromatic heterocycles. The van der Waals surface area contributed by atoms with E-state index in [9.17, 15) is 14.9 Å². The summed E-state index contributed by atoms with van der Waals surface area (Å²) in [5, 5.41) is 22.2. The molecular weight excluding hydrogens is 228 g/mol. The van der Waals surface area contributed by atoms with Gasteiger partial charge in [-0.2, -0.15) is 0 Å². The minimum Gasteiger partial charge on any atom is -0.461 e. The zero-order chi connectivity index (χ0) is 12.8. The summed E-state index contributed by atoms with van der Waals surface area (Å²) in [7, 11) is 0. The predicted octanol–water partition coefficient (Wildman–Crippen LogP) is 1.34. The molecule has 0 saturated heterocycles. The minimum absolute atomic E-state index is 0.0818. The molecular formula is C10H10N2O5. The van der Waals surface area contributed by atoms with E-state index in [1.807, 2.05) is 0 Å². The molecule has 0 spiro atoms. The first-order chi connectivity index (χ1) is 8.11. The van der Waals surface area contributed by atoms with Gasteiger partial charge in [-0.05, 0) is 13.0 Å². The van der Waals surface area contributed by atoms with Crippen LogP contribution in [0.3, 0.4) is 0 Å². The number of oxime groups is 1. The van der Waals surface area contributed by atoms with E-state index in [2.05, 4.69) is 9.89 Å². The Hall–Kier alpha value is -2.44. The molecule has 0 bridgehead atoms. The van der Waals surface area contributed by atoms with Crippen molar-refractivity contribution >= 4 is 17.4 Å². The molecule has 7 heteroatoms. The Kier molecular flexibility index (Phi) is 4.15. The van der Waals surface area contributed by atoms with Gasteiger partial charge >= 0.3 is 5.97 Å². The Labute approximate surface area is 96.5 Å². The van der Waals surface area contributed by atoms with E-state index >= 15 is 0 Å². The average Bonchev–Trinajstić information content (AvgIpc) is 2.31. The lowest BCUT2D eigenvalue weighted by atomic mass is 10.1. The van der Waals surface area contributed by atoms with Gasteiger partial charge in [-0.15, -0.1) is 0 Å². The van der Waals surface area contributed by atoms with Gasteiger partial charge in [-0.1, -0.05) is 17.3 Å². The van der Waals surface area contributed by atoms with Crippen LogP contribution in [0.15, 0.2) is 29.4 Å². The minimum atomic E-state index is -0.913. The van der Waals surface area contributed by atoms with Crippen molar-refractivity contribution in [2.45, 2.75) is 6.92 Å². The monoisotopic (exact) mass is 238 g/mol. The summed E-state index contributed by atoms with van der Waals surface area (Å²) in [6.07, 6.45) is 0. The van der Waals surface area contributed by atoms with Crippen molar-refractivity contribution < 1.29 is 19.7 Å². The molecule has 1 aromatic carbocycles. The normalized spacial score (nSPS) is 11.0. The SMILES string of the molecule is CCOC(=O)/C(=N/O)c1ccccc1[N+](=O)[O-]. The van der Waals surface area contributed by atoms with Gasteiger partial charge in [-0.25, -0.2) is 4.79 Å². The third-order valence-electron chi connectivity index (χ3n) is 1.92. The standard InChI is InChI=1S/C10H10N2O5/c1-2-17-10(13)9(11-14)7-5-3-4-6-8(7)12(15)16/h3-6,14H,2H2,1H3/b11-9+. The summed E-state index contributed by atoms with van der Waals surface area (Å²) in [5.74, 6) is -0.913. The third-order valence-corrected chi connectivity index (χ3v) is 1.92. The number of rotatable bonds is 4. The van der Waals surface area contributed by atoms with Crippen LogP contribution in [0.4, 0.5) is 5.69 Å². The fourth-order valence-corrected chi connectivity index (χ4v) is 1.24. The van der Waals surface area contributed by atoms with Crippen LogP contribution < -0.4 is 0 Å². The summed E-state index contributed by atoms with van der Waals surface area (Å²) in [6, 6.07) is 5.46. The Bertz CT molecular complexity index is 470. The first kappa shape index (κ1) is 12.6. The highest BCUT2D eigenvalue weighted by Crippen LogP contribution is 2.19. The second-order valence-corrected chi connectivity index (χ2v) is 2.94. The van der Waals surface area contributed by atoms with Crippen LogP contribution in [-0.2, 0) is 9.53 Å². The molecule has 90 valence electrons. The topological polar surface area (TPSA) is 102 Å². The van der Waals surface area contributed by atoms with Gasteiger partial charge in [0.05, 0.1) is 17.1 Å². The summed E-state index contributed by atoms with van der Waals surface area (Å²) in [4.78, 5) is 21.5. The number of nitrogens with zero attached hydrogens (tertiary/aromatic N) is 2. The van der Waals surface area contributed by atoms with Crippen LogP contribution >= 0.6 is 0 Å². The lowest BCUT2D eigenvalue weighted by Gasteiger charge is -2.04. The molecule has 0 heterocycles. The molecule has 0 fully saturated rings. The van der Waals surface area contributed by atoms with Gasteiger partial charge in [-0.3, -0.25) is 10.1 Å². The van der Waals surface area contributed by atoms with E-state index in [1.54, 1.807) is 6.92 Å². The molecule has 0 aliphatic carbocycles. The van der Waals surface area contributed by atoms with Crippen LogP contribution in [0, 0.1) is 10.1 Å². The maximum absolute atomic E-state index is 11.4. The van der Waals surface area contributed by atoms with Crippen molar-refractivity contribution in [2.75, 3.05) is 6.61 Å². The van der Waals surface area contributed by atoms with Gasteiger partial charge in [0.1, 0.15) is 0 Å². The van der Waals surface area contributed by atoms with E-state index in [-0.39, 0.29) is 17.9 Å². The van der Waals surface area contributed by atoms with Crippen molar-refractivity contribution in [1.82, 2.24) is 0 Å². The Morgan fingerprint density at radius 3 is 2.71 bits per heavy atom. The number of hydrogen-bond acceptors (Lipinski definition) is 6. The van der Waals surface area contributed by atoms with Crippen molar-refractivity contribution in [3.05, 3.63) is 39.9 Å². The van der Waals surface area contributed by atoms with Crippen molar-refractivity contribution in [2.24, 2.45) is 5.16 Å². The van der Waals surface area contributed by atoms with Gasteiger partial charge < -0.3 is 9.94 Å². The number of nitro groups is 1. The van der Waals surface area contributed by atoms with Crippen LogP contribution in [0.1, 0.15) is 12.5 Å². The maximum atomic E-state index is 11.4. The Morgan fingerprint density at radius 1 is 1.53 bits per heavy atom. The Balaban J connectivity index is 3.22. The summed E-state index contributed by atoms with van der Waals surface area (Å²) < 4.78 is 4.63. The molecule has 17 heavy (non-hydrogen) atoms. The summed E-state index contributed by atoms with van der Waals surface area (Å²) >= 11 is 0. The molecule has 1 aromatic rings. The third kappa shape index (κ3) is 2.77. The van der Waals surface area contributed by atoms with Crippen molar-refractivity contribution in [3.8, 4) is 0 Å². The number of ether oxygens (including phenoxy) is 1. The highest BCUT2D eigenvalue weighted by Gasteiger charge is 2.24. The van der Waals surface area contributed by atoms with E-state index in [1.165, 1.54) is 24.3 Å². The van der Waals surface area contributed by atoms with E-state index < -0.39 is 16.6 Å². The zero-order valence-electron chi connectivity index (χ0n) is 8.99. The molecule has 0 radical (unpaired) electrons. The number of carbonyl (C=O) groups is 1. The van der Waals surface area contributed by atoms with Crippen LogP contribution in [0.2, 0.25) is 0 Å². The average molecular weight is 238 g/mol. The molecule has 0 aliphatic rings. The molecule has 1 N–H and O–H groups in total. The molecule has 1 rings (SSSR count). The number of esters is 1. The summed E-state index contributed by atoms with van der Waals surface area (Å²) in [6.45, 7) is 1.66. The largest absolute Gasteiger partial charge is 0.461 e. The molecule has 0 unspecified atom stereocenters. The molecule has 0 saturated carbocycles. The molecule has 0 amide bonds. The second-order valence-electron chi connectivity index (χ2n) is 2.94. The van der Waals surface area contributed by atoms with Crippen LogP contribution in [-0.4, -0.2) is 28.4 Å². The van der Waals surface area contributed by atoms with E-state index in [4.69, 9.17) is 5.21 Å². The molecule has 7 nitrogen and oxygen atoms in total. The first-order valence-corrected chi connectivity index (χ1v) is 4.74. The summed E-state index contributed by atoms with van der Waals surface area (Å²) in [5.41, 5.74) is -0.897. The number of hydrogen-bond donors (Lipinski definition) is 1. The fourth-order valence-electron chi connectivity index (χ4n) is 1.24. The smallest absolute Gasteiger partial charge is 0.361 e. The lowest BCUT2D eigenvalue weighted by molar-refractivity contribution is -0.385. The maximum Gasteiger partial charge on any atom is 0.361 e. The highest BCUT2D eigenvalue weighted by atomic mass is 16.6.